The molecule has 2 rings (SSSR count). The molecule has 0 aromatic heterocycles. The fourth-order valence-electron chi connectivity index (χ4n) is 2.28. The molecule has 1 fully saturated rings. The molecule has 0 bridgehead atoms. The second-order valence-corrected chi connectivity index (χ2v) is 4.87. The van der Waals surface area contributed by atoms with Crippen molar-refractivity contribution >= 4 is 0 Å². The summed E-state index contributed by atoms with van der Waals surface area (Å²) >= 11 is 0. The minimum absolute atomic E-state index is 0.209. The Morgan fingerprint density at radius 2 is 2.15 bits per heavy atom. The van der Waals surface area contributed by atoms with Crippen molar-refractivity contribution in [3.05, 3.63) is 29.6 Å². The van der Waals surface area contributed by atoms with Crippen molar-refractivity contribution in [2.24, 2.45) is 0 Å². The quantitative estimate of drug-likeness (QED) is 0.866. The average Bonchev–Trinajstić information content (AvgIpc) is 2.33. The molecule has 1 aromatic carbocycles. The van der Waals surface area contributed by atoms with E-state index in [2.05, 4.69) is 10.1 Å². The molecule has 0 spiro atoms. The number of nitrogens with one attached hydrogen (secondary N) is 1. The summed E-state index contributed by atoms with van der Waals surface area (Å²) in [4.78, 5) is 2.00. The van der Waals surface area contributed by atoms with Gasteiger partial charge in [0.1, 0.15) is 0 Å². The SMILES string of the molecule is CC1CN(Cc2cccc(OC(F)(F)F)c2F)CCN1. The van der Waals surface area contributed by atoms with Crippen molar-refractivity contribution in [2.75, 3.05) is 19.6 Å². The van der Waals surface area contributed by atoms with Gasteiger partial charge in [-0.25, -0.2) is 4.39 Å². The van der Waals surface area contributed by atoms with Crippen LogP contribution >= 0.6 is 0 Å². The summed E-state index contributed by atoms with van der Waals surface area (Å²) < 4.78 is 54.1. The van der Waals surface area contributed by atoms with Gasteiger partial charge < -0.3 is 10.1 Å². The van der Waals surface area contributed by atoms with Crippen LogP contribution < -0.4 is 10.1 Å². The Morgan fingerprint density at radius 1 is 1.40 bits per heavy atom. The molecule has 20 heavy (non-hydrogen) atoms. The maximum atomic E-state index is 14.0. The van der Waals surface area contributed by atoms with Gasteiger partial charge in [-0.05, 0) is 13.0 Å². The molecule has 3 nitrogen and oxygen atoms in total. The molecule has 0 amide bonds. The van der Waals surface area contributed by atoms with Gasteiger partial charge in [-0.3, -0.25) is 4.90 Å². The van der Waals surface area contributed by atoms with Gasteiger partial charge in [0.25, 0.3) is 0 Å². The normalized spacial score (nSPS) is 20.9. The first-order chi connectivity index (χ1) is 9.35. The highest BCUT2D eigenvalue weighted by Gasteiger charge is 2.32. The number of halogens is 4. The van der Waals surface area contributed by atoms with Crippen molar-refractivity contribution in [2.45, 2.75) is 25.9 Å². The number of alkyl halides is 3. The number of rotatable bonds is 3. The van der Waals surface area contributed by atoms with Gasteiger partial charge >= 0.3 is 6.36 Å². The molecule has 7 heteroatoms. The van der Waals surface area contributed by atoms with Crippen molar-refractivity contribution < 1.29 is 22.3 Å². The predicted octanol–water partition coefficient (Wildman–Crippen LogP) is 2.52. The lowest BCUT2D eigenvalue weighted by Gasteiger charge is -2.31. The minimum Gasteiger partial charge on any atom is -0.403 e. The number of benzene rings is 1. The molecule has 1 aliphatic rings. The number of hydrogen-bond acceptors (Lipinski definition) is 3. The maximum absolute atomic E-state index is 14.0. The van der Waals surface area contributed by atoms with Crippen LogP contribution in [0.5, 0.6) is 5.75 Å². The zero-order chi connectivity index (χ0) is 14.8. The second kappa shape index (κ2) is 5.97. The molecule has 0 aliphatic carbocycles. The zero-order valence-electron chi connectivity index (χ0n) is 11.0. The van der Waals surface area contributed by atoms with E-state index in [-0.39, 0.29) is 18.2 Å². The van der Waals surface area contributed by atoms with Gasteiger partial charge in [0.15, 0.2) is 11.6 Å². The van der Waals surface area contributed by atoms with Crippen LogP contribution in [0.1, 0.15) is 12.5 Å². The highest BCUT2D eigenvalue weighted by molar-refractivity contribution is 5.31. The van der Waals surface area contributed by atoms with Crippen LogP contribution in [-0.4, -0.2) is 36.9 Å². The van der Waals surface area contributed by atoms with Gasteiger partial charge in [-0.1, -0.05) is 12.1 Å². The molecule has 1 aromatic rings. The molecule has 1 saturated heterocycles. The van der Waals surface area contributed by atoms with Gasteiger partial charge in [0.2, 0.25) is 0 Å². The first-order valence-electron chi connectivity index (χ1n) is 6.34. The van der Waals surface area contributed by atoms with Gasteiger partial charge in [0.05, 0.1) is 0 Å². The lowest BCUT2D eigenvalue weighted by Crippen LogP contribution is -2.48. The van der Waals surface area contributed by atoms with E-state index < -0.39 is 17.9 Å². The summed E-state index contributed by atoms with van der Waals surface area (Å²) in [5, 5.41) is 3.25. The Balaban J connectivity index is 2.10. The van der Waals surface area contributed by atoms with Crippen molar-refractivity contribution in [3.8, 4) is 5.75 Å². The second-order valence-electron chi connectivity index (χ2n) is 4.87. The maximum Gasteiger partial charge on any atom is 0.573 e. The topological polar surface area (TPSA) is 24.5 Å². The van der Waals surface area contributed by atoms with Crippen LogP contribution in [0.4, 0.5) is 17.6 Å². The molecule has 1 heterocycles. The summed E-state index contributed by atoms with van der Waals surface area (Å²) in [5.41, 5.74) is 0.209. The van der Waals surface area contributed by atoms with Crippen LogP contribution in [0.2, 0.25) is 0 Å². The zero-order valence-corrected chi connectivity index (χ0v) is 11.0. The smallest absolute Gasteiger partial charge is 0.403 e. The summed E-state index contributed by atoms with van der Waals surface area (Å²) in [7, 11) is 0. The van der Waals surface area contributed by atoms with Gasteiger partial charge in [-0.15, -0.1) is 13.2 Å². The van der Waals surface area contributed by atoms with E-state index in [1.54, 1.807) is 0 Å². The fraction of sp³-hybridized carbons (Fsp3) is 0.538. The highest BCUT2D eigenvalue weighted by Crippen LogP contribution is 2.27. The Hall–Kier alpha value is -1.34. The lowest BCUT2D eigenvalue weighted by atomic mass is 10.1. The molecule has 1 atom stereocenters. The molecule has 1 N–H and O–H groups in total. The third-order valence-electron chi connectivity index (χ3n) is 3.12. The van der Waals surface area contributed by atoms with E-state index >= 15 is 0 Å². The fourth-order valence-corrected chi connectivity index (χ4v) is 2.28. The van der Waals surface area contributed by atoms with Crippen LogP contribution in [-0.2, 0) is 6.54 Å². The third-order valence-corrected chi connectivity index (χ3v) is 3.12. The number of ether oxygens (including phenoxy) is 1. The monoisotopic (exact) mass is 292 g/mol. The number of nitrogens with zero attached hydrogens (tertiary/aromatic N) is 1. The summed E-state index contributed by atoms with van der Waals surface area (Å²) in [6.07, 6.45) is -4.89. The molecule has 0 saturated carbocycles. The molecule has 0 radical (unpaired) electrons. The summed E-state index contributed by atoms with van der Waals surface area (Å²) in [5.74, 6) is -1.73. The Morgan fingerprint density at radius 3 is 2.80 bits per heavy atom. The molecule has 1 aliphatic heterocycles. The van der Waals surface area contributed by atoms with E-state index in [1.165, 1.54) is 12.1 Å². The van der Waals surface area contributed by atoms with E-state index in [9.17, 15) is 17.6 Å². The van der Waals surface area contributed by atoms with Crippen LogP contribution in [0.3, 0.4) is 0 Å². The van der Waals surface area contributed by atoms with Gasteiger partial charge in [-0.2, -0.15) is 0 Å². The Kier molecular flexibility index (Phi) is 4.49. The van der Waals surface area contributed by atoms with Crippen molar-refractivity contribution in [1.29, 1.82) is 0 Å². The lowest BCUT2D eigenvalue weighted by molar-refractivity contribution is -0.275. The van der Waals surface area contributed by atoms with Crippen LogP contribution in [0.15, 0.2) is 18.2 Å². The Labute approximate surface area is 114 Å². The highest BCUT2D eigenvalue weighted by atomic mass is 19.4. The van der Waals surface area contributed by atoms with Crippen molar-refractivity contribution in [1.82, 2.24) is 10.2 Å². The van der Waals surface area contributed by atoms with E-state index in [4.69, 9.17) is 0 Å². The minimum atomic E-state index is -4.89. The van der Waals surface area contributed by atoms with Crippen LogP contribution in [0, 0.1) is 5.82 Å². The van der Waals surface area contributed by atoms with E-state index in [0.29, 0.717) is 0 Å². The number of piperazine rings is 1. The largest absolute Gasteiger partial charge is 0.573 e. The van der Waals surface area contributed by atoms with Crippen molar-refractivity contribution in [3.63, 3.8) is 0 Å². The summed E-state index contributed by atoms with van der Waals surface area (Å²) in [6.45, 7) is 4.51. The predicted molar refractivity (Wildman–Crippen MR) is 65.8 cm³/mol. The summed E-state index contributed by atoms with van der Waals surface area (Å²) in [6, 6.07) is 4.10. The number of hydrogen-bond donors (Lipinski definition) is 1. The molecule has 1 unspecified atom stereocenters. The van der Waals surface area contributed by atoms with Gasteiger partial charge in [0, 0.05) is 37.8 Å². The Bertz CT molecular complexity index is 464. The molecule has 112 valence electrons. The molecular formula is C13H16F4N2O. The molecular weight excluding hydrogens is 276 g/mol. The first kappa shape index (κ1) is 15.1. The van der Waals surface area contributed by atoms with E-state index in [1.807, 2.05) is 11.8 Å². The van der Waals surface area contributed by atoms with Crippen LogP contribution in [0.25, 0.3) is 0 Å². The van der Waals surface area contributed by atoms with E-state index in [0.717, 1.165) is 25.7 Å². The first-order valence-corrected chi connectivity index (χ1v) is 6.34. The average molecular weight is 292 g/mol. The third kappa shape index (κ3) is 4.08. The standard InChI is InChI=1S/C13H16F4N2O/c1-9-7-19(6-5-18-9)8-10-3-2-4-11(12(10)14)20-13(15,16)17/h2-4,9,18H,5-8H2,1H3.